The van der Waals surface area contributed by atoms with Gasteiger partial charge in [-0.1, -0.05) is 30.3 Å². The molecule has 3 heteroatoms. The zero-order valence-electron chi connectivity index (χ0n) is 6.36. The third-order valence-electron chi connectivity index (χ3n) is 1.66. The van der Waals surface area contributed by atoms with E-state index in [1.165, 1.54) is 0 Å². The van der Waals surface area contributed by atoms with E-state index in [1.54, 1.807) is 0 Å². The second-order valence-corrected chi connectivity index (χ2v) is 2.43. The van der Waals surface area contributed by atoms with Gasteiger partial charge in [-0.2, -0.15) is 0 Å². The molecule has 0 fully saturated rings. The summed E-state index contributed by atoms with van der Waals surface area (Å²) in [5.41, 5.74) is 1.25. The molecule has 0 amide bonds. The van der Waals surface area contributed by atoms with Gasteiger partial charge in [-0.15, -0.1) is 0 Å². The van der Waals surface area contributed by atoms with E-state index in [1.807, 2.05) is 30.3 Å². The van der Waals surface area contributed by atoms with Gasteiger partial charge in [0, 0.05) is 5.56 Å². The molecule has 0 atom stereocenters. The number of aliphatic imine (C=N–C) groups is 1. The first-order chi connectivity index (χ1) is 5.88. The van der Waals surface area contributed by atoms with Crippen molar-refractivity contribution in [2.75, 3.05) is 6.73 Å². The number of carbonyl (C=O) groups is 1. The summed E-state index contributed by atoms with van der Waals surface area (Å²) in [4.78, 5) is 15.0. The van der Waals surface area contributed by atoms with Crippen LogP contribution >= 0.6 is 0 Å². The van der Waals surface area contributed by atoms with Crippen molar-refractivity contribution in [2.45, 2.75) is 0 Å². The normalized spacial score (nSPS) is 15.7. The highest BCUT2D eigenvalue weighted by atomic mass is 16.5. The number of ether oxygens (including phenoxy) is 1. The van der Waals surface area contributed by atoms with Crippen molar-refractivity contribution in [3.63, 3.8) is 0 Å². The third-order valence-corrected chi connectivity index (χ3v) is 1.66. The van der Waals surface area contributed by atoms with E-state index >= 15 is 0 Å². The van der Waals surface area contributed by atoms with E-state index in [-0.39, 0.29) is 12.7 Å². The minimum Gasteiger partial charge on any atom is -0.438 e. The van der Waals surface area contributed by atoms with Gasteiger partial charge in [0.05, 0.1) is 0 Å². The molecule has 60 valence electrons. The fraction of sp³-hybridized carbons (Fsp3) is 0.111. The predicted molar refractivity (Wildman–Crippen MR) is 43.9 cm³/mol. The van der Waals surface area contributed by atoms with Gasteiger partial charge in [-0.3, -0.25) is 0 Å². The van der Waals surface area contributed by atoms with Gasteiger partial charge in [0.15, 0.2) is 12.4 Å². The number of hydrogen-bond acceptors (Lipinski definition) is 3. The molecule has 0 N–H and O–H groups in total. The lowest BCUT2D eigenvalue weighted by Crippen LogP contribution is -2.10. The fourth-order valence-corrected chi connectivity index (χ4v) is 1.09. The van der Waals surface area contributed by atoms with Crippen LogP contribution in [-0.2, 0) is 9.53 Å². The number of nitrogens with zero attached hydrogens (tertiary/aromatic N) is 1. The molecule has 1 aliphatic heterocycles. The van der Waals surface area contributed by atoms with Crippen molar-refractivity contribution in [3.05, 3.63) is 35.9 Å². The maximum atomic E-state index is 11.0. The molecule has 0 aromatic heterocycles. The lowest BCUT2D eigenvalue weighted by Gasteiger charge is -1.94. The maximum Gasteiger partial charge on any atom is 0.359 e. The van der Waals surface area contributed by atoms with Crippen molar-refractivity contribution in [1.82, 2.24) is 0 Å². The highest BCUT2D eigenvalue weighted by molar-refractivity contribution is 6.44. The third kappa shape index (κ3) is 1.09. The van der Waals surface area contributed by atoms with Crippen LogP contribution in [0, 0.1) is 0 Å². The lowest BCUT2D eigenvalue weighted by atomic mass is 10.1. The molecule has 1 heterocycles. The standard InChI is InChI=1S/C9H7NO2/c11-9-8(10-6-12-9)7-4-2-1-3-5-7/h1-5H,6H2. The number of carbonyl (C=O) groups excluding carboxylic acids is 1. The van der Waals surface area contributed by atoms with Crippen LogP contribution in [0.5, 0.6) is 0 Å². The van der Waals surface area contributed by atoms with Crippen LogP contribution in [0.1, 0.15) is 5.56 Å². The van der Waals surface area contributed by atoms with E-state index in [2.05, 4.69) is 9.73 Å². The quantitative estimate of drug-likeness (QED) is 0.576. The van der Waals surface area contributed by atoms with Crippen LogP contribution < -0.4 is 0 Å². The predicted octanol–water partition coefficient (Wildman–Crippen LogP) is 0.990. The number of cyclic esters (lactones) is 1. The van der Waals surface area contributed by atoms with Crippen LogP contribution in [0.15, 0.2) is 35.3 Å². The summed E-state index contributed by atoms with van der Waals surface area (Å²) in [6.07, 6.45) is 0. The average molecular weight is 161 g/mol. The SMILES string of the molecule is O=C1OCN=C1c1ccccc1. The van der Waals surface area contributed by atoms with E-state index in [9.17, 15) is 4.79 Å². The largest absolute Gasteiger partial charge is 0.438 e. The second-order valence-electron chi connectivity index (χ2n) is 2.43. The summed E-state index contributed by atoms with van der Waals surface area (Å²) < 4.78 is 4.68. The van der Waals surface area contributed by atoms with Crippen LogP contribution in [0.25, 0.3) is 0 Å². The Labute approximate surface area is 69.7 Å². The Hall–Kier alpha value is -1.64. The van der Waals surface area contributed by atoms with Crippen molar-refractivity contribution >= 4 is 11.7 Å². The summed E-state index contributed by atoms with van der Waals surface area (Å²) in [5, 5.41) is 0. The Bertz CT molecular complexity index is 330. The number of benzene rings is 1. The first-order valence-electron chi connectivity index (χ1n) is 3.65. The zero-order valence-corrected chi connectivity index (χ0v) is 6.36. The van der Waals surface area contributed by atoms with Crippen molar-refractivity contribution < 1.29 is 9.53 Å². The first-order valence-corrected chi connectivity index (χ1v) is 3.65. The van der Waals surface area contributed by atoms with Gasteiger partial charge in [-0.05, 0) is 0 Å². The van der Waals surface area contributed by atoms with Gasteiger partial charge in [0.2, 0.25) is 0 Å². The molecular formula is C9H7NO2. The second kappa shape index (κ2) is 2.77. The van der Waals surface area contributed by atoms with Gasteiger partial charge < -0.3 is 4.74 Å². The van der Waals surface area contributed by atoms with E-state index in [0.717, 1.165) is 5.56 Å². The molecular weight excluding hydrogens is 154 g/mol. The Morgan fingerprint density at radius 1 is 1.25 bits per heavy atom. The molecule has 12 heavy (non-hydrogen) atoms. The van der Waals surface area contributed by atoms with E-state index in [4.69, 9.17) is 0 Å². The molecule has 0 spiro atoms. The highest BCUT2D eigenvalue weighted by Crippen LogP contribution is 2.07. The van der Waals surface area contributed by atoms with Crippen LogP contribution in [-0.4, -0.2) is 18.4 Å². The van der Waals surface area contributed by atoms with Crippen LogP contribution in [0.3, 0.4) is 0 Å². The monoisotopic (exact) mass is 161 g/mol. The minimum absolute atomic E-state index is 0.156. The van der Waals surface area contributed by atoms with Gasteiger partial charge in [0.25, 0.3) is 0 Å². The molecule has 3 nitrogen and oxygen atoms in total. The van der Waals surface area contributed by atoms with Gasteiger partial charge in [0.1, 0.15) is 0 Å². The number of rotatable bonds is 1. The smallest absolute Gasteiger partial charge is 0.359 e. The zero-order chi connectivity index (χ0) is 8.39. The van der Waals surface area contributed by atoms with Crippen molar-refractivity contribution in [1.29, 1.82) is 0 Å². The topological polar surface area (TPSA) is 38.7 Å². The lowest BCUT2D eigenvalue weighted by molar-refractivity contribution is -0.133. The maximum absolute atomic E-state index is 11.0. The molecule has 1 aromatic carbocycles. The van der Waals surface area contributed by atoms with Crippen LogP contribution in [0.4, 0.5) is 0 Å². The Balaban J connectivity index is 2.38. The van der Waals surface area contributed by atoms with E-state index < -0.39 is 0 Å². The summed E-state index contributed by atoms with van der Waals surface area (Å²) in [6.45, 7) is 0.156. The Morgan fingerprint density at radius 2 is 2.00 bits per heavy atom. The van der Waals surface area contributed by atoms with Crippen molar-refractivity contribution in [3.8, 4) is 0 Å². The minimum atomic E-state index is -0.332. The molecule has 1 aliphatic rings. The molecule has 2 rings (SSSR count). The fourth-order valence-electron chi connectivity index (χ4n) is 1.09. The van der Waals surface area contributed by atoms with Gasteiger partial charge >= 0.3 is 5.97 Å². The molecule has 1 aromatic rings. The molecule has 0 bridgehead atoms. The van der Waals surface area contributed by atoms with Gasteiger partial charge in [-0.25, -0.2) is 9.79 Å². The average Bonchev–Trinajstić information content (AvgIpc) is 2.53. The molecule has 0 saturated carbocycles. The van der Waals surface area contributed by atoms with Crippen LogP contribution in [0.2, 0.25) is 0 Å². The first kappa shape index (κ1) is 7.03. The summed E-state index contributed by atoms with van der Waals surface area (Å²) in [7, 11) is 0. The Morgan fingerprint density at radius 3 is 2.58 bits per heavy atom. The summed E-state index contributed by atoms with van der Waals surface area (Å²) >= 11 is 0. The summed E-state index contributed by atoms with van der Waals surface area (Å²) in [6, 6.07) is 9.30. The highest BCUT2D eigenvalue weighted by Gasteiger charge is 2.19. The molecule has 0 aliphatic carbocycles. The Kier molecular flexibility index (Phi) is 1.63. The molecule has 0 saturated heterocycles. The number of hydrogen-bond donors (Lipinski definition) is 0. The summed E-state index contributed by atoms with van der Waals surface area (Å²) in [5.74, 6) is -0.332. The molecule has 0 radical (unpaired) electrons. The number of esters is 1. The molecule has 0 unspecified atom stereocenters. The van der Waals surface area contributed by atoms with Crippen molar-refractivity contribution in [2.24, 2.45) is 4.99 Å². The van der Waals surface area contributed by atoms with E-state index in [0.29, 0.717) is 5.71 Å².